The third-order valence-electron chi connectivity index (χ3n) is 5.19. The molecule has 1 aromatic heterocycles. The van der Waals surface area contributed by atoms with Crippen molar-refractivity contribution < 1.29 is 13.9 Å². The molecule has 1 aromatic carbocycles. The lowest BCUT2D eigenvalue weighted by atomic mass is 10.2. The molecule has 8 heteroatoms. The van der Waals surface area contributed by atoms with Crippen molar-refractivity contribution in [2.45, 2.75) is 18.9 Å². The first-order chi connectivity index (χ1) is 13.7. The Morgan fingerprint density at radius 1 is 1.07 bits per heavy atom. The third kappa shape index (κ3) is 4.39. The number of anilines is 2. The van der Waals surface area contributed by atoms with E-state index in [0.717, 1.165) is 57.1 Å². The number of hydrogen-bond donors (Lipinski definition) is 1. The van der Waals surface area contributed by atoms with Gasteiger partial charge in [0, 0.05) is 45.0 Å². The van der Waals surface area contributed by atoms with Gasteiger partial charge in [-0.05, 0) is 49.2 Å². The molecule has 2 saturated heterocycles. The highest BCUT2D eigenvalue weighted by Crippen LogP contribution is 2.19. The van der Waals surface area contributed by atoms with Gasteiger partial charge in [0.15, 0.2) is 11.5 Å². The maximum absolute atomic E-state index is 13.1. The molecule has 7 nitrogen and oxygen atoms in total. The Bertz CT molecular complexity index is 785. The number of halogens is 1. The van der Waals surface area contributed by atoms with Crippen LogP contribution in [0.1, 0.15) is 23.3 Å². The van der Waals surface area contributed by atoms with Crippen LogP contribution >= 0.6 is 0 Å². The number of hydrogen-bond acceptors (Lipinski definition) is 6. The number of aromatic nitrogens is 2. The van der Waals surface area contributed by atoms with Crippen LogP contribution in [0.3, 0.4) is 0 Å². The van der Waals surface area contributed by atoms with E-state index in [1.54, 1.807) is 18.2 Å². The lowest BCUT2D eigenvalue weighted by molar-refractivity contribution is 0.0853. The number of rotatable bonds is 5. The van der Waals surface area contributed by atoms with Gasteiger partial charge in [0.05, 0.1) is 6.10 Å². The fourth-order valence-electron chi connectivity index (χ4n) is 3.56. The Labute approximate surface area is 163 Å². The Morgan fingerprint density at radius 2 is 1.82 bits per heavy atom. The molecule has 0 saturated carbocycles. The van der Waals surface area contributed by atoms with Crippen molar-refractivity contribution in [3.05, 3.63) is 47.9 Å². The summed E-state index contributed by atoms with van der Waals surface area (Å²) >= 11 is 0. The molecule has 2 aliphatic rings. The smallest absolute Gasteiger partial charge is 0.271 e. The number of nitrogens with zero attached hydrogens (tertiary/aromatic N) is 4. The SMILES string of the molecule is O=C(NCC1CCCO1)c1ccc(N2CCN(c3ccc(F)cc3)CC2)nn1. The first-order valence-electron chi connectivity index (χ1n) is 9.68. The lowest BCUT2D eigenvalue weighted by Crippen LogP contribution is -2.47. The average molecular weight is 385 g/mol. The molecule has 2 aliphatic heterocycles. The van der Waals surface area contributed by atoms with Gasteiger partial charge in [-0.2, -0.15) is 0 Å². The van der Waals surface area contributed by atoms with Gasteiger partial charge in [0.1, 0.15) is 5.82 Å². The summed E-state index contributed by atoms with van der Waals surface area (Å²) in [6.07, 6.45) is 2.13. The summed E-state index contributed by atoms with van der Waals surface area (Å²) < 4.78 is 18.6. The molecule has 0 aliphatic carbocycles. The van der Waals surface area contributed by atoms with Gasteiger partial charge in [-0.25, -0.2) is 4.39 Å². The monoisotopic (exact) mass is 385 g/mol. The molecular weight excluding hydrogens is 361 g/mol. The predicted molar refractivity (Wildman–Crippen MR) is 104 cm³/mol. The summed E-state index contributed by atoms with van der Waals surface area (Å²) in [5.74, 6) is 0.308. The number of ether oxygens (including phenoxy) is 1. The van der Waals surface area contributed by atoms with Crippen LogP contribution in [0.4, 0.5) is 15.9 Å². The fraction of sp³-hybridized carbons (Fsp3) is 0.450. The Kier molecular flexibility index (Phi) is 5.66. The molecule has 148 valence electrons. The molecule has 4 rings (SSSR count). The van der Waals surface area contributed by atoms with Gasteiger partial charge < -0.3 is 19.9 Å². The number of amides is 1. The minimum atomic E-state index is -0.226. The van der Waals surface area contributed by atoms with Gasteiger partial charge in [-0.3, -0.25) is 4.79 Å². The minimum Gasteiger partial charge on any atom is -0.376 e. The number of carbonyl (C=O) groups excluding carboxylic acids is 1. The van der Waals surface area contributed by atoms with Crippen LogP contribution in [0.2, 0.25) is 0 Å². The Morgan fingerprint density at radius 3 is 2.46 bits per heavy atom. The minimum absolute atomic E-state index is 0.105. The molecule has 1 atom stereocenters. The van der Waals surface area contributed by atoms with Crippen LogP contribution in [0.5, 0.6) is 0 Å². The summed E-state index contributed by atoms with van der Waals surface area (Å²) in [5.41, 5.74) is 1.33. The highest BCUT2D eigenvalue weighted by atomic mass is 19.1. The predicted octanol–water partition coefficient (Wildman–Crippen LogP) is 1.85. The van der Waals surface area contributed by atoms with Crippen LogP contribution in [-0.2, 0) is 4.74 Å². The Balaban J connectivity index is 1.29. The van der Waals surface area contributed by atoms with Crippen molar-refractivity contribution in [2.24, 2.45) is 0 Å². The molecule has 0 bridgehead atoms. The molecule has 1 amide bonds. The average Bonchev–Trinajstić information content (AvgIpc) is 3.27. The zero-order valence-electron chi connectivity index (χ0n) is 15.7. The molecule has 0 radical (unpaired) electrons. The van der Waals surface area contributed by atoms with Crippen molar-refractivity contribution >= 4 is 17.4 Å². The van der Waals surface area contributed by atoms with Gasteiger partial charge in [0.25, 0.3) is 5.91 Å². The van der Waals surface area contributed by atoms with Crippen molar-refractivity contribution in [1.29, 1.82) is 0 Å². The number of piperazine rings is 1. The van der Waals surface area contributed by atoms with Gasteiger partial charge in [-0.1, -0.05) is 0 Å². The van der Waals surface area contributed by atoms with Crippen LogP contribution in [0, 0.1) is 5.82 Å². The molecule has 0 spiro atoms. The summed E-state index contributed by atoms with van der Waals surface area (Å²) in [7, 11) is 0. The second kappa shape index (κ2) is 8.52. The van der Waals surface area contributed by atoms with Crippen LogP contribution < -0.4 is 15.1 Å². The molecular formula is C20H24FN5O2. The number of carbonyl (C=O) groups is 1. The summed E-state index contributed by atoms with van der Waals surface area (Å²) in [6, 6.07) is 10.1. The third-order valence-corrected chi connectivity index (χ3v) is 5.19. The van der Waals surface area contributed by atoms with E-state index in [9.17, 15) is 9.18 Å². The van der Waals surface area contributed by atoms with E-state index in [2.05, 4.69) is 25.3 Å². The largest absolute Gasteiger partial charge is 0.376 e. The van der Waals surface area contributed by atoms with E-state index in [0.29, 0.717) is 12.2 Å². The van der Waals surface area contributed by atoms with Gasteiger partial charge in [-0.15, -0.1) is 10.2 Å². The van der Waals surface area contributed by atoms with Crippen LogP contribution in [-0.4, -0.2) is 61.5 Å². The van der Waals surface area contributed by atoms with Crippen LogP contribution in [0.25, 0.3) is 0 Å². The van der Waals surface area contributed by atoms with Crippen LogP contribution in [0.15, 0.2) is 36.4 Å². The van der Waals surface area contributed by atoms with E-state index in [-0.39, 0.29) is 17.8 Å². The zero-order chi connectivity index (χ0) is 19.3. The molecule has 3 heterocycles. The maximum atomic E-state index is 13.1. The van der Waals surface area contributed by atoms with Crippen molar-refractivity contribution in [3.8, 4) is 0 Å². The number of nitrogens with one attached hydrogen (secondary N) is 1. The van der Waals surface area contributed by atoms with Gasteiger partial charge in [0.2, 0.25) is 0 Å². The summed E-state index contributed by atoms with van der Waals surface area (Å²) in [6.45, 7) is 4.48. The van der Waals surface area contributed by atoms with E-state index in [1.165, 1.54) is 12.1 Å². The molecule has 1 N–H and O–H groups in total. The standard InChI is InChI=1S/C20H24FN5O2/c21-15-3-5-16(6-4-15)25-9-11-26(12-10-25)19-8-7-18(23-24-19)20(27)22-14-17-2-1-13-28-17/h3-8,17H,1-2,9-14H2,(H,22,27). The van der Waals surface area contributed by atoms with Gasteiger partial charge >= 0.3 is 0 Å². The van der Waals surface area contributed by atoms with E-state index in [1.807, 2.05) is 6.07 Å². The highest BCUT2D eigenvalue weighted by molar-refractivity contribution is 5.92. The normalized spacial score (nSPS) is 19.7. The topological polar surface area (TPSA) is 70.6 Å². The second-order valence-electron chi connectivity index (χ2n) is 7.07. The molecule has 2 aromatic rings. The van der Waals surface area contributed by atoms with Crippen molar-refractivity contribution in [1.82, 2.24) is 15.5 Å². The summed E-state index contributed by atoms with van der Waals surface area (Å²) in [4.78, 5) is 16.6. The molecule has 28 heavy (non-hydrogen) atoms. The zero-order valence-corrected chi connectivity index (χ0v) is 15.7. The first kappa shape index (κ1) is 18.6. The van der Waals surface area contributed by atoms with E-state index < -0.39 is 0 Å². The van der Waals surface area contributed by atoms with Crippen molar-refractivity contribution in [3.63, 3.8) is 0 Å². The van der Waals surface area contributed by atoms with E-state index >= 15 is 0 Å². The molecule has 1 unspecified atom stereocenters. The number of benzene rings is 1. The van der Waals surface area contributed by atoms with E-state index in [4.69, 9.17) is 4.74 Å². The second-order valence-corrected chi connectivity index (χ2v) is 7.07. The maximum Gasteiger partial charge on any atom is 0.271 e. The first-order valence-corrected chi connectivity index (χ1v) is 9.68. The quantitative estimate of drug-likeness (QED) is 0.847. The van der Waals surface area contributed by atoms with Crippen molar-refractivity contribution in [2.75, 3.05) is 49.1 Å². The fourth-order valence-corrected chi connectivity index (χ4v) is 3.56. The summed E-state index contributed by atoms with van der Waals surface area (Å²) in [5, 5.41) is 11.2. The highest BCUT2D eigenvalue weighted by Gasteiger charge is 2.20. The molecule has 2 fully saturated rings. The lowest BCUT2D eigenvalue weighted by Gasteiger charge is -2.36. The Hall–Kier alpha value is -2.74.